The Morgan fingerprint density at radius 2 is 1.59 bits per heavy atom. The van der Waals surface area contributed by atoms with Crippen LogP contribution in [-0.2, 0) is 6.54 Å². The van der Waals surface area contributed by atoms with Crippen molar-refractivity contribution < 1.29 is 18.5 Å². The number of amides is 1. The number of hydrogen-bond donors (Lipinski definition) is 1. The van der Waals surface area contributed by atoms with E-state index in [1.54, 1.807) is 29.5 Å². The molecule has 0 unspecified atom stereocenters. The lowest BCUT2D eigenvalue weighted by molar-refractivity contribution is -0.683. The summed E-state index contributed by atoms with van der Waals surface area (Å²) in [6.07, 6.45) is 17.2. The van der Waals surface area contributed by atoms with E-state index in [9.17, 15) is 9.18 Å². The molecule has 3 aromatic rings. The fourth-order valence-corrected chi connectivity index (χ4v) is 5.04. The Bertz CT molecular complexity index is 1060. The van der Waals surface area contributed by atoms with Gasteiger partial charge in [0.2, 0.25) is 5.51 Å². The molecule has 0 bridgehead atoms. The maximum atomic E-state index is 14.5. The number of nitrogens with one attached hydrogen (secondary N) is 1. The second kappa shape index (κ2) is 16.9. The summed E-state index contributed by atoms with van der Waals surface area (Å²) in [5.41, 5.74) is 3.95. The SMILES string of the molecule is CCCCCCCCCCCCCCOc1c(F)cccc1NC(=O)c1cccc(C[n+]2ccsc2)c1. The maximum absolute atomic E-state index is 14.5. The van der Waals surface area contributed by atoms with Crippen LogP contribution >= 0.6 is 11.3 Å². The number of aromatic nitrogens is 1. The van der Waals surface area contributed by atoms with Gasteiger partial charge in [0, 0.05) is 11.1 Å². The number of carbonyl (C=O) groups is 1. The van der Waals surface area contributed by atoms with Gasteiger partial charge in [0.1, 0.15) is 0 Å². The van der Waals surface area contributed by atoms with Crippen LogP contribution in [0, 0.1) is 5.82 Å². The Morgan fingerprint density at radius 3 is 2.27 bits per heavy atom. The van der Waals surface area contributed by atoms with E-state index in [1.807, 2.05) is 35.3 Å². The fraction of sp³-hybridized carbons (Fsp3) is 0.484. The van der Waals surface area contributed by atoms with E-state index in [1.165, 1.54) is 70.3 Å². The Kier molecular flexibility index (Phi) is 13.2. The number of para-hydroxylation sites is 1. The molecule has 6 heteroatoms. The van der Waals surface area contributed by atoms with Gasteiger partial charge in [0.15, 0.2) is 24.3 Å². The Balaban J connectivity index is 1.39. The zero-order valence-corrected chi connectivity index (χ0v) is 23.0. The van der Waals surface area contributed by atoms with Gasteiger partial charge >= 0.3 is 0 Å². The predicted octanol–water partition coefficient (Wildman–Crippen LogP) is 8.56. The van der Waals surface area contributed by atoms with Crippen molar-refractivity contribution in [1.82, 2.24) is 0 Å². The molecule has 0 atom stereocenters. The molecular formula is C31H42FN2O2S+. The maximum Gasteiger partial charge on any atom is 0.255 e. The van der Waals surface area contributed by atoms with Gasteiger partial charge in [-0.2, -0.15) is 4.57 Å². The molecule has 0 saturated heterocycles. The molecule has 37 heavy (non-hydrogen) atoms. The van der Waals surface area contributed by atoms with Crippen molar-refractivity contribution in [2.45, 2.75) is 90.5 Å². The first-order valence-electron chi connectivity index (χ1n) is 13.9. The van der Waals surface area contributed by atoms with Crippen LogP contribution in [0.3, 0.4) is 0 Å². The number of thiazole rings is 1. The molecule has 0 aliphatic rings. The summed E-state index contributed by atoms with van der Waals surface area (Å²) in [5.74, 6) is -0.624. The van der Waals surface area contributed by atoms with Crippen molar-refractivity contribution in [3.05, 3.63) is 76.5 Å². The lowest BCUT2D eigenvalue weighted by Gasteiger charge is -2.13. The van der Waals surface area contributed by atoms with Crippen molar-refractivity contribution in [1.29, 1.82) is 0 Å². The first-order valence-corrected chi connectivity index (χ1v) is 14.8. The van der Waals surface area contributed by atoms with Gasteiger partial charge in [-0.3, -0.25) is 4.79 Å². The van der Waals surface area contributed by atoms with E-state index >= 15 is 0 Å². The van der Waals surface area contributed by atoms with Crippen LogP contribution in [0.5, 0.6) is 5.75 Å². The first kappa shape index (κ1) is 28.8. The van der Waals surface area contributed by atoms with Gasteiger partial charge in [0.25, 0.3) is 5.91 Å². The number of halogens is 1. The largest absolute Gasteiger partial charge is 0.488 e. The quantitative estimate of drug-likeness (QED) is 0.133. The molecule has 2 aromatic carbocycles. The highest BCUT2D eigenvalue weighted by Crippen LogP contribution is 2.28. The summed E-state index contributed by atoms with van der Waals surface area (Å²) < 4.78 is 22.4. The highest BCUT2D eigenvalue weighted by Gasteiger charge is 2.15. The normalized spacial score (nSPS) is 11.0. The average molecular weight is 526 g/mol. The Labute approximate surface area is 225 Å². The zero-order valence-electron chi connectivity index (χ0n) is 22.2. The minimum absolute atomic E-state index is 0.115. The van der Waals surface area contributed by atoms with E-state index in [4.69, 9.17) is 4.74 Å². The molecule has 4 nitrogen and oxygen atoms in total. The second-order valence-corrected chi connectivity index (χ2v) is 10.5. The molecule has 1 heterocycles. The van der Waals surface area contributed by atoms with Crippen molar-refractivity contribution >= 4 is 22.9 Å². The summed E-state index contributed by atoms with van der Waals surface area (Å²) in [5, 5.41) is 4.85. The molecule has 0 aliphatic heterocycles. The van der Waals surface area contributed by atoms with E-state index in [2.05, 4.69) is 16.8 Å². The molecule has 0 radical (unpaired) electrons. The number of carbonyl (C=O) groups excluding carboxylic acids is 1. The number of rotatable bonds is 18. The smallest absolute Gasteiger partial charge is 0.255 e. The van der Waals surface area contributed by atoms with Gasteiger partial charge in [-0.25, -0.2) is 4.39 Å². The molecule has 1 amide bonds. The summed E-state index contributed by atoms with van der Waals surface area (Å²) >= 11 is 1.63. The molecule has 3 rings (SSSR count). The van der Waals surface area contributed by atoms with E-state index < -0.39 is 5.82 Å². The number of hydrogen-bond acceptors (Lipinski definition) is 3. The number of nitrogens with zero attached hydrogens (tertiary/aromatic N) is 1. The molecule has 1 aromatic heterocycles. The van der Waals surface area contributed by atoms with Gasteiger partial charge in [-0.15, -0.1) is 0 Å². The van der Waals surface area contributed by atoms with Crippen LogP contribution in [0.1, 0.15) is 99.9 Å². The van der Waals surface area contributed by atoms with Crippen LogP contribution in [0.2, 0.25) is 0 Å². The summed E-state index contributed by atoms with van der Waals surface area (Å²) in [6.45, 7) is 3.39. The van der Waals surface area contributed by atoms with E-state index in [0.29, 0.717) is 24.4 Å². The molecule has 1 N–H and O–H groups in total. The van der Waals surface area contributed by atoms with Crippen LogP contribution < -0.4 is 14.6 Å². The van der Waals surface area contributed by atoms with Crippen molar-refractivity contribution in [3.8, 4) is 5.75 Å². The predicted molar refractivity (Wildman–Crippen MR) is 151 cm³/mol. The third kappa shape index (κ3) is 10.6. The highest BCUT2D eigenvalue weighted by molar-refractivity contribution is 7.07. The minimum Gasteiger partial charge on any atom is -0.488 e. The Hall–Kier alpha value is -2.73. The fourth-order valence-electron chi connectivity index (χ4n) is 4.44. The summed E-state index contributed by atoms with van der Waals surface area (Å²) in [7, 11) is 0. The molecular weight excluding hydrogens is 483 g/mol. The van der Waals surface area contributed by atoms with Crippen LogP contribution in [0.25, 0.3) is 0 Å². The van der Waals surface area contributed by atoms with Crippen LogP contribution in [0.4, 0.5) is 10.1 Å². The topological polar surface area (TPSA) is 42.2 Å². The summed E-state index contributed by atoms with van der Waals surface area (Å²) in [6, 6.07) is 12.1. The van der Waals surface area contributed by atoms with Crippen molar-refractivity contribution in [3.63, 3.8) is 0 Å². The highest BCUT2D eigenvalue weighted by atomic mass is 32.1. The third-order valence-corrected chi connectivity index (χ3v) is 7.21. The van der Waals surface area contributed by atoms with E-state index in [-0.39, 0.29) is 11.7 Å². The van der Waals surface area contributed by atoms with Gasteiger partial charge in [0.05, 0.1) is 17.7 Å². The third-order valence-electron chi connectivity index (χ3n) is 6.54. The molecule has 0 saturated carbocycles. The van der Waals surface area contributed by atoms with E-state index in [0.717, 1.165) is 18.4 Å². The van der Waals surface area contributed by atoms with Crippen LogP contribution in [-0.4, -0.2) is 12.5 Å². The first-order chi connectivity index (χ1) is 18.2. The van der Waals surface area contributed by atoms with Gasteiger partial charge in [-0.1, -0.05) is 107 Å². The molecule has 200 valence electrons. The monoisotopic (exact) mass is 525 g/mol. The number of unbranched alkanes of at least 4 members (excludes halogenated alkanes) is 11. The molecule has 0 aliphatic carbocycles. The van der Waals surface area contributed by atoms with Gasteiger partial charge in [-0.05, 0) is 30.7 Å². The molecule has 0 spiro atoms. The molecule has 0 fully saturated rings. The number of ether oxygens (including phenoxy) is 1. The zero-order chi connectivity index (χ0) is 26.1. The average Bonchev–Trinajstić information content (AvgIpc) is 3.41. The van der Waals surface area contributed by atoms with Crippen molar-refractivity contribution in [2.75, 3.05) is 11.9 Å². The summed E-state index contributed by atoms with van der Waals surface area (Å²) in [4.78, 5) is 12.9. The van der Waals surface area contributed by atoms with Crippen LogP contribution in [0.15, 0.2) is 59.6 Å². The standard InChI is InChI=1S/C31H41FN2O2S/c1-2-3-4-5-6-7-8-9-10-11-12-13-21-36-30-28(32)18-15-19-29(30)33-31(35)27-17-14-16-26(23-27)24-34-20-22-37-25-34/h14-20,22-23,25H,2-13,21,24H2,1H3/p+1. The van der Waals surface area contributed by atoms with Gasteiger partial charge < -0.3 is 10.1 Å². The lowest BCUT2D eigenvalue weighted by atomic mass is 10.1. The van der Waals surface area contributed by atoms with Crippen molar-refractivity contribution in [2.24, 2.45) is 0 Å². The number of anilines is 1. The Morgan fingerprint density at radius 1 is 0.919 bits per heavy atom. The lowest BCUT2D eigenvalue weighted by Crippen LogP contribution is -2.30. The minimum atomic E-state index is -0.459. The number of benzene rings is 2. The second-order valence-electron chi connectivity index (χ2n) is 9.71.